The Morgan fingerprint density at radius 3 is 1.24 bits per heavy atom. The topological polar surface area (TPSA) is 25.8 Å². The van der Waals surface area contributed by atoms with Crippen molar-refractivity contribution in [1.29, 1.82) is 0 Å². The summed E-state index contributed by atoms with van der Waals surface area (Å²) in [6.45, 7) is 0. The van der Waals surface area contributed by atoms with E-state index in [0.29, 0.717) is 0 Å². The molecule has 2 heterocycles. The third-order valence-electron chi connectivity index (χ3n) is 2.44. The number of hydrogen-bond acceptors (Lipinski definition) is 4. The SMILES string of the molecule is [Pd+2].[S-]c1ccccc1[S-].c1ccc(-c2ccccn2)nc1. The standard InChI is InChI=1S/C10H8N2.C6H6S2.Pd/c1-3-7-11-9(5-1)10-6-2-4-8-12-10;7-5-3-1-2-4-6(5)8;/h1-8H;1-4,7-8H;/q;;+2/p-2. The van der Waals surface area contributed by atoms with Crippen molar-refractivity contribution in [3.05, 3.63) is 73.1 Å². The van der Waals surface area contributed by atoms with Gasteiger partial charge in [0.2, 0.25) is 0 Å². The Balaban J connectivity index is 0.000000216. The summed E-state index contributed by atoms with van der Waals surface area (Å²) in [5, 5.41) is 0. The average molecular weight is 403 g/mol. The molecule has 5 heteroatoms. The average Bonchev–Trinajstić information content (AvgIpc) is 2.53. The molecule has 0 aliphatic heterocycles. The van der Waals surface area contributed by atoms with Crippen molar-refractivity contribution in [2.24, 2.45) is 0 Å². The van der Waals surface area contributed by atoms with Crippen LogP contribution in [0.25, 0.3) is 11.4 Å². The minimum Gasteiger partial charge on any atom is -0.781 e. The first kappa shape index (κ1) is 17.7. The molecule has 0 fully saturated rings. The molecule has 0 aliphatic rings. The molecule has 0 saturated carbocycles. The van der Waals surface area contributed by atoms with Gasteiger partial charge in [0.1, 0.15) is 0 Å². The minimum atomic E-state index is 0. The van der Waals surface area contributed by atoms with E-state index in [1.54, 1.807) is 12.4 Å². The van der Waals surface area contributed by atoms with Crippen molar-refractivity contribution in [3.63, 3.8) is 0 Å². The largest absolute Gasteiger partial charge is 2.00 e. The number of pyridine rings is 2. The molecule has 3 rings (SSSR count). The van der Waals surface area contributed by atoms with Crippen LogP contribution >= 0.6 is 0 Å². The zero-order chi connectivity index (χ0) is 14.2. The Morgan fingerprint density at radius 2 is 0.952 bits per heavy atom. The fourth-order valence-electron chi connectivity index (χ4n) is 1.48. The maximum Gasteiger partial charge on any atom is 2.00 e. The van der Waals surface area contributed by atoms with Gasteiger partial charge in [0.25, 0.3) is 0 Å². The predicted molar refractivity (Wildman–Crippen MR) is 85.2 cm³/mol. The molecule has 2 aromatic heterocycles. The number of benzene rings is 1. The van der Waals surface area contributed by atoms with Gasteiger partial charge in [0, 0.05) is 12.4 Å². The van der Waals surface area contributed by atoms with Gasteiger partial charge in [-0.05, 0) is 24.3 Å². The Kier molecular flexibility index (Phi) is 8.03. The first-order valence-electron chi connectivity index (χ1n) is 6.03. The van der Waals surface area contributed by atoms with Gasteiger partial charge in [-0.3, -0.25) is 9.97 Å². The minimum absolute atomic E-state index is 0. The summed E-state index contributed by atoms with van der Waals surface area (Å²) < 4.78 is 0. The zero-order valence-electron chi connectivity index (χ0n) is 11.0. The van der Waals surface area contributed by atoms with E-state index in [9.17, 15) is 0 Å². The van der Waals surface area contributed by atoms with Gasteiger partial charge in [-0.15, -0.1) is 0 Å². The van der Waals surface area contributed by atoms with Gasteiger partial charge < -0.3 is 25.3 Å². The molecule has 1 aromatic carbocycles. The Labute approximate surface area is 149 Å². The molecule has 2 nitrogen and oxygen atoms in total. The van der Waals surface area contributed by atoms with Gasteiger partial charge in [0.15, 0.2) is 0 Å². The maximum absolute atomic E-state index is 4.85. The van der Waals surface area contributed by atoms with Gasteiger partial charge >= 0.3 is 20.4 Å². The molecule has 0 atom stereocenters. The van der Waals surface area contributed by atoms with Crippen LogP contribution in [0.3, 0.4) is 0 Å². The molecular formula is C16H12N2PdS2. The number of rotatable bonds is 1. The van der Waals surface area contributed by atoms with Gasteiger partial charge in [-0.25, -0.2) is 0 Å². The quantitative estimate of drug-likeness (QED) is 0.458. The van der Waals surface area contributed by atoms with Gasteiger partial charge in [0.05, 0.1) is 11.4 Å². The van der Waals surface area contributed by atoms with E-state index in [4.69, 9.17) is 25.3 Å². The van der Waals surface area contributed by atoms with E-state index in [-0.39, 0.29) is 20.4 Å². The summed E-state index contributed by atoms with van der Waals surface area (Å²) in [7, 11) is 0. The Hall–Kier alpha value is -1.38. The van der Waals surface area contributed by atoms with E-state index >= 15 is 0 Å². The molecule has 3 aromatic rings. The monoisotopic (exact) mass is 402 g/mol. The van der Waals surface area contributed by atoms with Crippen LogP contribution in [-0.4, -0.2) is 9.97 Å². The summed E-state index contributed by atoms with van der Waals surface area (Å²) in [5.41, 5.74) is 1.83. The van der Waals surface area contributed by atoms with Crippen LogP contribution in [0.2, 0.25) is 0 Å². The van der Waals surface area contributed by atoms with E-state index < -0.39 is 0 Å². The molecule has 0 saturated heterocycles. The van der Waals surface area contributed by atoms with Crippen molar-refractivity contribution in [1.82, 2.24) is 9.97 Å². The third-order valence-corrected chi connectivity index (χ3v) is 3.28. The summed E-state index contributed by atoms with van der Waals surface area (Å²) >= 11 is 9.70. The third kappa shape index (κ3) is 5.86. The van der Waals surface area contributed by atoms with Crippen LogP contribution in [0, 0.1) is 0 Å². The van der Waals surface area contributed by atoms with E-state index in [1.165, 1.54) is 0 Å². The van der Waals surface area contributed by atoms with Gasteiger partial charge in [-0.2, -0.15) is 9.79 Å². The maximum atomic E-state index is 4.85. The first-order valence-corrected chi connectivity index (χ1v) is 6.84. The summed E-state index contributed by atoms with van der Waals surface area (Å²) in [4.78, 5) is 9.91. The van der Waals surface area contributed by atoms with E-state index in [2.05, 4.69) is 9.97 Å². The van der Waals surface area contributed by atoms with E-state index in [0.717, 1.165) is 21.2 Å². The number of nitrogens with zero attached hydrogens (tertiary/aromatic N) is 2. The van der Waals surface area contributed by atoms with Crippen LogP contribution in [0.4, 0.5) is 0 Å². The smallest absolute Gasteiger partial charge is 0.781 e. The predicted octanol–water partition coefficient (Wildman–Crippen LogP) is 3.64. The second-order valence-electron chi connectivity index (χ2n) is 3.88. The van der Waals surface area contributed by atoms with Crippen molar-refractivity contribution in [2.45, 2.75) is 9.79 Å². The normalized spacial score (nSPS) is 8.95. The molecule has 0 unspecified atom stereocenters. The molecule has 0 radical (unpaired) electrons. The molecule has 0 N–H and O–H groups in total. The van der Waals surface area contributed by atoms with Crippen LogP contribution in [-0.2, 0) is 45.7 Å². The molecule has 21 heavy (non-hydrogen) atoms. The molecule has 0 spiro atoms. The second-order valence-corrected chi connectivity index (χ2v) is 4.76. The number of hydrogen-bond donors (Lipinski definition) is 0. The van der Waals surface area contributed by atoms with Crippen molar-refractivity contribution < 1.29 is 20.4 Å². The van der Waals surface area contributed by atoms with Crippen molar-refractivity contribution in [2.75, 3.05) is 0 Å². The number of aromatic nitrogens is 2. The molecular weight excluding hydrogens is 391 g/mol. The Morgan fingerprint density at radius 1 is 0.571 bits per heavy atom. The van der Waals surface area contributed by atoms with Crippen molar-refractivity contribution in [3.8, 4) is 11.4 Å². The zero-order valence-corrected chi connectivity index (χ0v) is 14.1. The summed E-state index contributed by atoms with van der Waals surface area (Å²) in [6.07, 6.45) is 3.54. The van der Waals surface area contributed by atoms with Crippen LogP contribution in [0.15, 0.2) is 82.8 Å². The second kappa shape index (κ2) is 9.54. The van der Waals surface area contributed by atoms with Crippen LogP contribution < -0.4 is 0 Å². The van der Waals surface area contributed by atoms with Crippen molar-refractivity contribution >= 4 is 25.3 Å². The Bertz CT molecular complexity index is 590. The summed E-state index contributed by atoms with van der Waals surface area (Å²) in [6, 6.07) is 19.0. The molecule has 0 bridgehead atoms. The fourth-order valence-corrected chi connectivity index (χ4v) is 1.77. The molecule has 108 valence electrons. The first-order chi connectivity index (χ1) is 9.77. The van der Waals surface area contributed by atoms with E-state index in [1.807, 2.05) is 60.7 Å². The summed E-state index contributed by atoms with van der Waals surface area (Å²) in [5.74, 6) is 0. The molecule has 0 amide bonds. The van der Waals surface area contributed by atoms with Crippen LogP contribution in [0.5, 0.6) is 0 Å². The fraction of sp³-hybridized carbons (Fsp3) is 0. The van der Waals surface area contributed by atoms with Gasteiger partial charge in [-0.1, -0.05) is 36.4 Å². The van der Waals surface area contributed by atoms with Crippen LogP contribution in [0.1, 0.15) is 0 Å². The molecule has 0 aliphatic carbocycles.